The van der Waals surface area contributed by atoms with E-state index < -0.39 is 0 Å². The van der Waals surface area contributed by atoms with Crippen LogP contribution in [0.25, 0.3) is 11.4 Å². The number of hydrogen-bond acceptors (Lipinski definition) is 4. The topological polar surface area (TPSA) is 67.2 Å². The van der Waals surface area contributed by atoms with Crippen molar-refractivity contribution in [2.24, 2.45) is 0 Å². The van der Waals surface area contributed by atoms with Gasteiger partial charge in [-0.2, -0.15) is 10.2 Å². The number of aromatic nitrogens is 6. The van der Waals surface area contributed by atoms with Crippen LogP contribution in [0.1, 0.15) is 50.2 Å². The van der Waals surface area contributed by atoms with E-state index in [1.54, 1.807) is 0 Å². The van der Waals surface area contributed by atoms with Gasteiger partial charge in [-0.3, -0.25) is 19.3 Å². The number of unbranched alkanes of at least 4 members (excludes halogenated alkanes) is 5. The monoisotopic (exact) mass is 532 g/mol. The van der Waals surface area contributed by atoms with Gasteiger partial charge in [-0.05, 0) is 85.8 Å². The molecule has 2 aromatic heterocycles. The second-order valence-electron chi connectivity index (χ2n) is 8.13. The van der Waals surface area contributed by atoms with Gasteiger partial charge in [-0.1, -0.05) is 48.9 Å². The van der Waals surface area contributed by atoms with Crippen molar-refractivity contribution in [3.8, 4) is 11.4 Å². The second-order valence-corrected chi connectivity index (χ2v) is 9.78. The number of aromatic amines is 2. The van der Waals surface area contributed by atoms with Crippen molar-refractivity contribution < 1.29 is 0 Å². The number of nitrogens with one attached hydrogen (secondary N) is 2. The number of nitrogens with zero attached hydrogens (tertiary/aromatic N) is 4. The van der Waals surface area contributed by atoms with Crippen LogP contribution >= 0.6 is 47.6 Å². The van der Waals surface area contributed by atoms with Crippen molar-refractivity contribution >= 4 is 47.6 Å². The summed E-state index contributed by atoms with van der Waals surface area (Å²) in [6.07, 6.45) is 8.60. The SMILES string of the molecule is S=c1[nH]nc(CCCCCCCCc2n[nH]c(=S)n2-c2ccc(Cl)cc2)n1-c1ccc(Cl)cc1. The first-order chi connectivity index (χ1) is 16.5. The highest BCUT2D eigenvalue weighted by atomic mass is 35.5. The molecular formula is C24H26Cl2N6S2. The van der Waals surface area contributed by atoms with Gasteiger partial charge in [0.15, 0.2) is 9.54 Å². The molecule has 2 N–H and O–H groups in total. The zero-order chi connectivity index (χ0) is 23.9. The second kappa shape index (κ2) is 11.9. The van der Waals surface area contributed by atoms with Crippen LogP contribution in [0.3, 0.4) is 0 Å². The van der Waals surface area contributed by atoms with Crippen LogP contribution in [-0.4, -0.2) is 29.5 Å². The Kier molecular flexibility index (Phi) is 8.72. The summed E-state index contributed by atoms with van der Waals surface area (Å²) in [5.74, 6) is 1.91. The van der Waals surface area contributed by atoms with E-state index in [1.165, 1.54) is 12.8 Å². The third-order valence-electron chi connectivity index (χ3n) is 5.70. The molecule has 4 rings (SSSR count). The molecule has 10 heteroatoms. The molecule has 0 aliphatic rings. The Hall–Kier alpha value is -2.26. The molecule has 4 aromatic rings. The van der Waals surface area contributed by atoms with Gasteiger partial charge in [0, 0.05) is 34.3 Å². The molecule has 0 amide bonds. The van der Waals surface area contributed by atoms with E-state index in [0.717, 1.165) is 61.5 Å². The van der Waals surface area contributed by atoms with Crippen LogP contribution in [0.5, 0.6) is 0 Å². The van der Waals surface area contributed by atoms with E-state index in [1.807, 2.05) is 57.7 Å². The zero-order valence-electron chi connectivity index (χ0n) is 18.6. The Labute approximate surface area is 219 Å². The smallest absolute Gasteiger partial charge is 0.199 e. The van der Waals surface area contributed by atoms with Crippen LogP contribution < -0.4 is 0 Å². The lowest BCUT2D eigenvalue weighted by Gasteiger charge is -2.08. The highest BCUT2D eigenvalue weighted by molar-refractivity contribution is 7.71. The molecular weight excluding hydrogens is 507 g/mol. The van der Waals surface area contributed by atoms with Crippen molar-refractivity contribution in [3.63, 3.8) is 0 Å². The highest BCUT2D eigenvalue weighted by Gasteiger charge is 2.10. The number of rotatable bonds is 11. The van der Waals surface area contributed by atoms with Crippen LogP contribution in [0.2, 0.25) is 10.0 Å². The van der Waals surface area contributed by atoms with Crippen LogP contribution in [0.4, 0.5) is 0 Å². The highest BCUT2D eigenvalue weighted by Crippen LogP contribution is 2.19. The molecule has 0 aliphatic carbocycles. The van der Waals surface area contributed by atoms with Crippen molar-refractivity contribution in [1.82, 2.24) is 29.5 Å². The van der Waals surface area contributed by atoms with Gasteiger partial charge in [0.05, 0.1) is 0 Å². The number of benzene rings is 2. The Bertz CT molecular complexity index is 1220. The van der Waals surface area contributed by atoms with Gasteiger partial charge in [0.2, 0.25) is 0 Å². The summed E-state index contributed by atoms with van der Waals surface area (Å²) < 4.78 is 5.18. The predicted octanol–water partition coefficient (Wildman–Crippen LogP) is 7.61. The summed E-state index contributed by atoms with van der Waals surface area (Å²) in [6, 6.07) is 15.3. The Morgan fingerprint density at radius 3 is 1.32 bits per heavy atom. The fraction of sp³-hybridized carbons (Fsp3) is 0.333. The lowest BCUT2D eigenvalue weighted by atomic mass is 10.1. The molecule has 0 fully saturated rings. The summed E-state index contributed by atoms with van der Waals surface area (Å²) in [4.78, 5) is 0. The third-order valence-corrected chi connectivity index (χ3v) is 6.76. The van der Waals surface area contributed by atoms with E-state index >= 15 is 0 Å². The summed E-state index contributed by atoms with van der Waals surface area (Å²) in [5, 5.41) is 16.1. The van der Waals surface area contributed by atoms with Crippen LogP contribution in [-0.2, 0) is 12.8 Å². The minimum absolute atomic E-state index is 0.605. The largest absolute Gasteiger partial charge is 0.272 e. The molecule has 0 saturated carbocycles. The predicted molar refractivity (Wildman–Crippen MR) is 143 cm³/mol. The van der Waals surface area contributed by atoms with E-state index in [0.29, 0.717) is 19.6 Å². The molecule has 0 bridgehead atoms. The maximum absolute atomic E-state index is 6.01. The first-order valence-electron chi connectivity index (χ1n) is 11.4. The fourth-order valence-electron chi connectivity index (χ4n) is 3.98. The lowest BCUT2D eigenvalue weighted by Crippen LogP contribution is -2.02. The summed E-state index contributed by atoms with van der Waals surface area (Å²) in [7, 11) is 0. The van der Waals surface area contributed by atoms with Crippen LogP contribution in [0, 0.1) is 9.54 Å². The first-order valence-corrected chi connectivity index (χ1v) is 12.9. The molecule has 2 heterocycles. The van der Waals surface area contributed by atoms with Crippen LogP contribution in [0.15, 0.2) is 48.5 Å². The van der Waals surface area contributed by atoms with Gasteiger partial charge in [-0.15, -0.1) is 0 Å². The van der Waals surface area contributed by atoms with E-state index in [4.69, 9.17) is 47.6 Å². The number of halogens is 2. The van der Waals surface area contributed by atoms with Gasteiger partial charge < -0.3 is 0 Å². The lowest BCUT2D eigenvalue weighted by molar-refractivity contribution is 0.580. The number of H-pyrrole nitrogens is 2. The van der Waals surface area contributed by atoms with Crippen molar-refractivity contribution in [3.05, 3.63) is 79.8 Å². The van der Waals surface area contributed by atoms with E-state index in [2.05, 4.69) is 20.4 Å². The normalized spacial score (nSPS) is 11.2. The molecule has 0 radical (unpaired) electrons. The Balaban J connectivity index is 1.20. The van der Waals surface area contributed by atoms with Gasteiger partial charge in [-0.25, -0.2) is 0 Å². The maximum Gasteiger partial charge on any atom is 0.199 e. The van der Waals surface area contributed by atoms with Gasteiger partial charge in [0.1, 0.15) is 11.6 Å². The molecule has 178 valence electrons. The van der Waals surface area contributed by atoms with E-state index in [-0.39, 0.29) is 0 Å². The van der Waals surface area contributed by atoms with Crippen molar-refractivity contribution in [2.45, 2.75) is 51.4 Å². The van der Waals surface area contributed by atoms with Gasteiger partial charge >= 0.3 is 0 Å². The molecule has 6 nitrogen and oxygen atoms in total. The first kappa shape index (κ1) is 24.9. The number of aryl methyl sites for hydroxylation is 2. The minimum Gasteiger partial charge on any atom is -0.272 e. The van der Waals surface area contributed by atoms with Crippen molar-refractivity contribution in [1.29, 1.82) is 0 Å². The molecule has 2 aromatic carbocycles. The summed E-state index contributed by atoms with van der Waals surface area (Å²) in [6.45, 7) is 0. The molecule has 0 unspecified atom stereocenters. The quantitative estimate of drug-likeness (QED) is 0.154. The Morgan fingerprint density at radius 1 is 0.588 bits per heavy atom. The fourth-order valence-corrected chi connectivity index (χ4v) is 4.75. The average Bonchev–Trinajstić information content (AvgIpc) is 3.39. The summed E-state index contributed by atoms with van der Waals surface area (Å²) in [5.41, 5.74) is 1.96. The third kappa shape index (κ3) is 6.24. The molecule has 0 atom stereocenters. The molecule has 0 spiro atoms. The standard InChI is InChI=1S/C24H26Cl2N6S2/c25-17-9-13-19(14-10-17)31-21(27-29-23(31)33)7-5-3-1-2-4-6-8-22-28-30-24(34)32(22)20-15-11-18(26)12-16-20/h9-16H,1-8H2,(H,29,33)(H,30,34). The maximum atomic E-state index is 6.01. The molecule has 0 aliphatic heterocycles. The minimum atomic E-state index is 0.605. The summed E-state index contributed by atoms with van der Waals surface area (Å²) >= 11 is 22.9. The average molecular weight is 534 g/mol. The molecule has 0 saturated heterocycles. The van der Waals surface area contributed by atoms with E-state index in [9.17, 15) is 0 Å². The Morgan fingerprint density at radius 2 is 0.941 bits per heavy atom. The number of hydrogen-bond donors (Lipinski definition) is 2. The van der Waals surface area contributed by atoms with Gasteiger partial charge in [0.25, 0.3) is 0 Å². The van der Waals surface area contributed by atoms with Crippen molar-refractivity contribution in [2.75, 3.05) is 0 Å². The zero-order valence-corrected chi connectivity index (χ0v) is 21.8. The molecule has 34 heavy (non-hydrogen) atoms.